The van der Waals surface area contributed by atoms with Crippen LogP contribution >= 0.6 is 11.9 Å². The number of benzene rings is 5. The average Bonchev–Trinajstić information content (AvgIpc) is 3.58. The Labute approximate surface area is 379 Å². The first-order chi connectivity index (χ1) is 31.0. The highest BCUT2D eigenvalue weighted by atomic mass is 32.2. The van der Waals surface area contributed by atoms with Gasteiger partial charge < -0.3 is 5.32 Å². The number of pyridine rings is 2. The van der Waals surface area contributed by atoms with Gasteiger partial charge in [0, 0.05) is 61.0 Å². The topological polar surface area (TPSA) is 96.2 Å². The Kier molecular flexibility index (Phi) is 15.0. The van der Waals surface area contributed by atoms with Gasteiger partial charge in [-0.2, -0.15) is 0 Å². The molecule has 7 aromatic rings. The highest BCUT2D eigenvalue weighted by Crippen LogP contribution is 2.40. The molecule has 5 aromatic carbocycles. The molecule has 0 radical (unpaired) electrons. The largest absolute Gasteiger partial charge is 0.302 e. The van der Waals surface area contributed by atoms with Gasteiger partial charge in [0.15, 0.2) is 0 Å². The summed E-state index contributed by atoms with van der Waals surface area (Å²) in [6.45, 7) is 5.55. The SMILES string of the molecule is C1=Cc2ncc(-c3ccccc3)cc2C(N2CCC2)c2ccccc21.CCS(=O)NCc1ccc2c(c1)C(NCc1ccccc1)c1cc(-c3ccccc3)cnc1C=C2.CSN. The summed E-state index contributed by atoms with van der Waals surface area (Å²) in [5.41, 5.74) is 16.6. The summed E-state index contributed by atoms with van der Waals surface area (Å²) in [5.74, 6) is 0.593. The van der Waals surface area contributed by atoms with Crippen LogP contribution in [0.15, 0.2) is 158 Å². The molecular weight excluding hydrogens is 813 g/mol. The fourth-order valence-corrected chi connectivity index (χ4v) is 8.84. The third-order valence-corrected chi connectivity index (χ3v) is 12.6. The summed E-state index contributed by atoms with van der Waals surface area (Å²) in [6, 6.07) is 51.5. The number of hydrogen-bond acceptors (Lipinski definition) is 7. The first-order valence-electron chi connectivity index (χ1n) is 21.6. The van der Waals surface area contributed by atoms with E-state index in [0.717, 1.165) is 58.8 Å². The van der Waals surface area contributed by atoms with Crippen molar-refractivity contribution in [2.45, 2.75) is 38.5 Å². The molecule has 1 fully saturated rings. The Hall–Kier alpha value is -5.78. The Morgan fingerprint density at radius 1 is 0.619 bits per heavy atom. The lowest BCUT2D eigenvalue weighted by molar-refractivity contribution is 0.140. The van der Waals surface area contributed by atoms with Crippen molar-refractivity contribution in [2.75, 3.05) is 25.1 Å². The van der Waals surface area contributed by atoms with Crippen LogP contribution in [0, 0.1) is 0 Å². The van der Waals surface area contributed by atoms with E-state index in [4.69, 9.17) is 15.1 Å². The second kappa shape index (κ2) is 21.5. The van der Waals surface area contributed by atoms with Crippen molar-refractivity contribution in [3.63, 3.8) is 0 Å². The summed E-state index contributed by atoms with van der Waals surface area (Å²) in [6.07, 6.45) is 15.7. The molecule has 0 saturated carbocycles. The van der Waals surface area contributed by atoms with Gasteiger partial charge >= 0.3 is 0 Å². The zero-order valence-electron chi connectivity index (χ0n) is 35.9. The van der Waals surface area contributed by atoms with E-state index in [1.807, 2.05) is 37.7 Å². The molecule has 63 heavy (non-hydrogen) atoms. The van der Waals surface area contributed by atoms with E-state index in [9.17, 15) is 4.21 Å². The zero-order valence-corrected chi connectivity index (χ0v) is 37.5. The van der Waals surface area contributed by atoms with Gasteiger partial charge in [-0.25, -0.2) is 8.93 Å². The Balaban J connectivity index is 0.000000170. The molecule has 318 valence electrons. The van der Waals surface area contributed by atoms with Gasteiger partial charge in [0.1, 0.15) is 0 Å². The smallest absolute Gasteiger partial charge is 0.0915 e. The van der Waals surface area contributed by atoms with Gasteiger partial charge in [-0.3, -0.25) is 20.0 Å². The molecule has 2 aliphatic carbocycles. The number of fused-ring (bicyclic) bond motifs is 4. The average molecular weight is 867 g/mol. The van der Waals surface area contributed by atoms with Crippen LogP contribution in [0.25, 0.3) is 46.6 Å². The van der Waals surface area contributed by atoms with Crippen molar-refractivity contribution in [3.8, 4) is 22.3 Å². The molecule has 1 saturated heterocycles. The van der Waals surface area contributed by atoms with Gasteiger partial charge in [-0.15, -0.1) is 0 Å². The first kappa shape index (κ1) is 43.9. The summed E-state index contributed by atoms with van der Waals surface area (Å²) in [7, 11) is -1.02. The van der Waals surface area contributed by atoms with Crippen LogP contribution in [0.2, 0.25) is 0 Å². The highest BCUT2D eigenvalue weighted by Gasteiger charge is 2.31. The van der Waals surface area contributed by atoms with Crippen molar-refractivity contribution in [2.24, 2.45) is 5.14 Å². The molecule has 0 amide bonds. The maximum atomic E-state index is 12.0. The van der Waals surface area contributed by atoms with Crippen molar-refractivity contribution >= 4 is 47.2 Å². The summed E-state index contributed by atoms with van der Waals surface area (Å²) < 4.78 is 15.1. The molecule has 10 rings (SSSR count). The summed E-state index contributed by atoms with van der Waals surface area (Å²) in [5, 5.41) is 8.58. The van der Waals surface area contributed by atoms with Crippen molar-refractivity contribution < 1.29 is 4.21 Å². The van der Waals surface area contributed by atoms with Gasteiger partial charge in [0.2, 0.25) is 0 Å². The van der Waals surface area contributed by atoms with Crippen molar-refractivity contribution in [1.82, 2.24) is 24.9 Å². The van der Waals surface area contributed by atoms with E-state index in [1.54, 1.807) is 0 Å². The standard InChI is InChI=1S/C30H29N3OS.C23H20N2.CH5NS/c1-2-35(34)33-20-23-13-14-25-15-16-29-28(18-26(21-31-29)24-11-7-4-8-12-24)30(27(25)17-23)32-19-22-9-5-3-6-10-22;1-2-7-17(8-3-1)19-15-21-22(24-16-19)12-11-18-9-4-5-10-20(18)23(21)25-13-6-14-25;1-3-2/h3-18,21,30,32-33H,2,19-20H2,1H3;1-5,7-12,15-16,23H,6,13-14H2;2H2,1H3. The Morgan fingerprint density at radius 3 is 1.78 bits per heavy atom. The molecule has 7 nitrogen and oxygen atoms in total. The third kappa shape index (κ3) is 10.7. The van der Waals surface area contributed by atoms with Crippen molar-refractivity contribution in [3.05, 3.63) is 214 Å². The van der Waals surface area contributed by atoms with E-state index in [0.29, 0.717) is 18.3 Å². The van der Waals surface area contributed by atoms with E-state index in [2.05, 4.69) is 173 Å². The molecule has 3 aliphatic rings. The maximum Gasteiger partial charge on any atom is 0.0915 e. The number of rotatable bonds is 10. The van der Waals surface area contributed by atoms with E-state index >= 15 is 0 Å². The molecule has 3 atom stereocenters. The molecule has 1 aliphatic heterocycles. The van der Waals surface area contributed by atoms with Crippen LogP contribution in [0.5, 0.6) is 0 Å². The zero-order chi connectivity index (χ0) is 43.4. The van der Waals surface area contributed by atoms with Crippen LogP contribution < -0.4 is 15.2 Å². The first-order valence-corrected chi connectivity index (χ1v) is 24.2. The Bertz CT molecular complexity index is 2690. The molecular formula is C54H54N6OS2. The lowest BCUT2D eigenvalue weighted by Crippen LogP contribution is -2.41. The summed E-state index contributed by atoms with van der Waals surface area (Å²) in [4.78, 5) is 12.2. The number of nitrogens with two attached hydrogens (primary N) is 1. The van der Waals surface area contributed by atoms with Crippen molar-refractivity contribution in [1.29, 1.82) is 0 Å². The molecule has 4 N–H and O–H groups in total. The number of nitrogens with one attached hydrogen (secondary N) is 2. The van der Waals surface area contributed by atoms with E-state index < -0.39 is 11.0 Å². The normalized spacial score (nSPS) is 16.2. The summed E-state index contributed by atoms with van der Waals surface area (Å²) >= 11 is 1.25. The molecule has 3 heterocycles. The number of nitrogens with zero attached hydrogens (tertiary/aromatic N) is 3. The fraction of sp³-hybridized carbons (Fsp3) is 0.185. The van der Waals surface area contributed by atoms with Gasteiger partial charge in [-0.05, 0) is 87.0 Å². The number of aromatic nitrogens is 2. The minimum atomic E-state index is -1.02. The van der Waals surface area contributed by atoms with Crippen LogP contribution in [-0.2, 0) is 24.1 Å². The predicted molar refractivity (Wildman–Crippen MR) is 266 cm³/mol. The molecule has 2 aromatic heterocycles. The fourth-order valence-electron chi connectivity index (χ4n) is 8.30. The van der Waals surface area contributed by atoms with Gasteiger partial charge in [0.25, 0.3) is 0 Å². The third-order valence-electron chi connectivity index (χ3n) is 11.6. The van der Waals surface area contributed by atoms with Gasteiger partial charge in [-0.1, -0.05) is 164 Å². The quantitative estimate of drug-likeness (QED) is 0.118. The predicted octanol–water partition coefficient (Wildman–Crippen LogP) is 11.1. The second-order valence-corrected chi connectivity index (χ2v) is 17.7. The lowest BCUT2D eigenvalue weighted by atomic mass is 9.91. The van der Waals surface area contributed by atoms with Gasteiger partial charge in [0.05, 0.1) is 34.5 Å². The molecule has 9 heteroatoms. The van der Waals surface area contributed by atoms with E-state index in [1.165, 1.54) is 57.3 Å². The second-order valence-electron chi connectivity index (χ2n) is 15.7. The minimum absolute atomic E-state index is 0.0389. The lowest BCUT2D eigenvalue weighted by Gasteiger charge is -2.39. The number of hydrogen-bond donors (Lipinski definition) is 3. The number of likely N-dealkylation sites (tertiary alicyclic amines) is 1. The minimum Gasteiger partial charge on any atom is -0.302 e. The van der Waals surface area contributed by atoms with Crippen LogP contribution in [0.1, 0.15) is 81.3 Å². The van der Waals surface area contributed by atoms with Crippen LogP contribution in [-0.4, -0.2) is 44.2 Å². The Morgan fingerprint density at radius 2 is 1.17 bits per heavy atom. The molecule has 3 unspecified atom stereocenters. The maximum absolute atomic E-state index is 12.0. The van der Waals surface area contributed by atoms with Crippen LogP contribution in [0.3, 0.4) is 0 Å². The van der Waals surface area contributed by atoms with E-state index in [-0.39, 0.29) is 6.04 Å². The monoisotopic (exact) mass is 866 g/mol. The molecule has 0 bridgehead atoms. The van der Waals surface area contributed by atoms with Crippen LogP contribution in [0.4, 0.5) is 0 Å². The highest BCUT2D eigenvalue weighted by molar-refractivity contribution is 7.96. The molecule has 0 spiro atoms.